The summed E-state index contributed by atoms with van der Waals surface area (Å²) in [6.07, 6.45) is 0.442. The predicted octanol–water partition coefficient (Wildman–Crippen LogP) is 4.09. The predicted molar refractivity (Wildman–Crippen MR) is 113 cm³/mol. The van der Waals surface area contributed by atoms with Crippen molar-refractivity contribution >= 4 is 28.7 Å². The Kier molecular flexibility index (Phi) is 5.11. The number of nitrogens with zero attached hydrogens (tertiary/aromatic N) is 3. The van der Waals surface area contributed by atoms with E-state index in [0.717, 1.165) is 10.9 Å². The number of hydrogen-bond donors (Lipinski definition) is 1. The number of anilines is 1. The average Bonchev–Trinajstić information content (AvgIpc) is 3.03. The second-order valence-corrected chi connectivity index (χ2v) is 7.85. The van der Waals surface area contributed by atoms with Gasteiger partial charge in [-0.05, 0) is 42.2 Å². The normalized spacial score (nSPS) is 16.7. The number of carboxylic acids is 1. The van der Waals surface area contributed by atoms with Gasteiger partial charge in [0, 0.05) is 17.0 Å². The first-order valence-electron chi connectivity index (χ1n) is 9.87. The smallest absolute Gasteiger partial charge is 0.308 e. The molecule has 2 unspecified atom stereocenters. The first-order chi connectivity index (χ1) is 14.4. The summed E-state index contributed by atoms with van der Waals surface area (Å²) in [4.78, 5) is 36.0. The summed E-state index contributed by atoms with van der Waals surface area (Å²) in [5.74, 6) is -0.976. The molecule has 0 fully saturated rings. The third kappa shape index (κ3) is 3.36. The second-order valence-electron chi connectivity index (χ2n) is 7.85. The maximum absolute atomic E-state index is 13.3. The van der Waals surface area contributed by atoms with Gasteiger partial charge in [0.15, 0.2) is 5.65 Å². The number of amides is 1. The molecule has 0 radical (unpaired) electrons. The summed E-state index contributed by atoms with van der Waals surface area (Å²) in [5, 5.41) is 10.8. The summed E-state index contributed by atoms with van der Waals surface area (Å²) in [7, 11) is 1.53. The van der Waals surface area contributed by atoms with Crippen molar-refractivity contribution in [3.63, 3.8) is 0 Å². The van der Waals surface area contributed by atoms with Crippen LogP contribution in [0.15, 0.2) is 48.5 Å². The molecule has 2 atom stereocenters. The van der Waals surface area contributed by atoms with Gasteiger partial charge < -0.3 is 9.84 Å². The zero-order valence-corrected chi connectivity index (χ0v) is 17.1. The van der Waals surface area contributed by atoms with E-state index in [1.807, 2.05) is 38.1 Å². The molecule has 3 aromatic rings. The van der Waals surface area contributed by atoms with E-state index in [0.29, 0.717) is 29.3 Å². The van der Waals surface area contributed by atoms with E-state index in [1.54, 1.807) is 24.3 Å². The molecular formula is C23H23N3O4. The number of carbonyl (C=O) groups excluding carboxylic acids is 1. The molecule has 0 saturated carbocycles. The fraction of sp³-hybridized carbons (Fsp3) is 0.304. The number of benzene rings is 1. The molecule has 7 nitrogen and oxygen atoms in total. The monoisotopic (exact) mass is 405 g/mol. The largest absolute Gasteiger partial charge is 0.481 e. The van der Waals surface area contributed by atoms with E-state index in [2.05, 4.69) is 9.97 Å². The molecule has 1 amide bonds. The topological polar surface area (TPSA) is 92.6 Å². The highest BCUT2D eigenvalue weighted by atomic mass is 16.5. The van der Waals surface area contributed by atoms with Gasteiger partial charge in [0.25, 0.3) is 5.91 Å². The molecule has 1 aliphatic heterocycles. The van der Waals surface area contributed by atoms with E-state index >= 15 is 0 Å². The van der Waals surface area contributed by atoms with Gasteiger partial charge in [-0.25, -0.2) is 4.98 Å². The molecular weight excluding hydrogens is 382 g/mol. The number of rotatable bonds is 6. The van der Waals surface area contributed by atoms with Gasteiger partial charge in [0.05, 0.1) is 19.1 Å². The van der Waals surface area contributed by atoms with Crippen LogP contribution < -0.4 is 9.64 Å². The Bertz CT molecular complexity index is 1130. The van der Waals surface area contributed by atoms with E-state index in [1.165, 1.54) is 12.0 Å². The van der Waals surface area contributed by atoms with Crippen LogP contribution in [0.25, 0.3) is 11.0 Å². The maximum Gasteiger partial charge on any atom is 0.308 e. The summed E-state index contributed by atoms with van der Waals surface area (Å²) in [5.41, 5.74) is 1.67. The van der Waals surface area contributed by atoms with Gasteiger partial charge in [-0.3, -0.25) is 14.5 Å². The molecule has 1 N–H and O–H groups in total. The van der Waals surface area contributed by atoms with Crippen molar-refractivity contribution in [1.29, 1.82) is 0 Å². The van der Waals surface area contributed by atoms with Crippen molar-refractivity contribution < 1.29 is 19.4 Å². The lowest BCUT2D eigenvalue weighted by atomic mass is 9.86. The third-order valence-corrected chi connectivity index (χ3v) is 5.40. The molecule has 1 aliphatic rings. The van der Waals surface area contributed by atoms with Gasteiger partial charge in [-0.1, -0.05) is 32.0 Å². The Morgan fingerprint density at radius 1 is 1.13 bits per heavy atom. The van der Waals surface area contributed by atoms with Crippen molar-refractivity contribution in [1.82, 2.24) is 9.97 Å². The minimum atomic E-state index is -0.927. The Balaban J connectivity index is 1.87. The van der Waals surface area contributed by atoms with Crippen LogP contribution in [0, 0.1) is 11.8 Å². The lowest BCUT2D eigenvalue weighted by Gasteiger charge is -2.30. The lowest BCUT2D eigenvalue weighted by molar-refractivity contribution is -0.143. The molecule has 1 aromatic carbocycles. The molecule has 0 aliphatic carbocycles. The van der Waals surface area contributed by atoms with Crippen LogP contribution in [0.4, 0.5) is 5.82 Å². The number of ether oxygens (including phenoxy) is 1. The van der Waals surface area contributed by atoms with E-state index < -0.39 is 17.9 Å². The number of pyridine rings is 2. The summed E-state index contributed by atoms with van der Waals surface area (Å²) in [6, 6.07) is 13.7. The van der Waals surface area contributed by atoms with Gasteiger partial charge in [-0.15, -0.1) is 0 Å². The Labute approximate surface area is 174 Å². The van der Waals surface area contributed by atoms with Crippen LogP contribution in [0.3, 0.4) is 0 Å². The van der Waals surface area contributed by atoms with Crippen molar-refractivity contribution in [3.05, 3.63) is 59.7 Å². The molecule has 4 rings (SSSR count). The standard InChI is InChI=1S/C23H23N3O4/c1-13(2)12-17(23(28)29)20-15-6-4-5-7-16(15)22(27)26(20)18-10-8-14-9-11-19(30-3)25-21(14)24-18/h4-11,13,17,20H,12H2,1-3H3,(H,28,29). The van der Waals surface area contributed by atoms with Crippen LogP contribution in [-0.4, -0.2) is 34.1 Å². The van der Waals surface area contributed by atoms with Crippen LogP contribution in [0.2, 0.25) is 0 Å². The van der Waals surface area contributed by atoms with Crippen LogP contribution >= 0.6 is 0 Å². The molecule has 7 heteroatoms. The maximum atomic E-state index is 13.3. The highest BCUT2D eigenvalue weighted by molar-refractivity contribution is 6.11. The number of methoxy groups -OCH3 is 1. The average molecular weight is 405 g/mol. The first-order valence-corrected chi connectivity index (χ1v) is 9.87. The molecule has 3 heterocycles. The quantitative estimate of drug-likeness (QED) is 0.664. The number of carboxylic acid groups (broad SMARTS) is 1. The van der Waals surface area contributed by atoms with Gasteiger partial charge >= 0.3 is 5.97 Å². The highest BCUT2D eigenvalue weighted by Crippen LogP contribution is 2.43. The molecule has 30 heavy (non-hydrogen) atoms. The lowest BCUT2D eigenvalue weighted by Crippen LogP contribution is -2.36. The number of carbonyl (C=O) groups is 2. The molecule has 0 saturated heterocycles. The molecule has 154 valence electrons. The number of aliphatic carboxylic acids is 1. The molecule has 0 bridgehead atoms. The van der Waals surface area contributed by atoms with Crippen molar-refractivity contribution in [3.8, 4) is 5.88 Å². The minimum Gasteiger partial charge on any atom is -0.481 e. The first kappa shape index (κ1) is 19.8. The summed E-state index contributed by atoms with van der Waals surface area (Å²) >= 11 is 0. The SMILES string of the molecule is COc1ccc2ccc(N3C(=O)c4ccccc4C3C(CC(C)C)C(=O)O)nc2n1. The van der Waals surface area contributed by atoms with Crippen molar-refractivity contribution in [2.24, 2.45) is 11.8 Å². The van der Waals surface area contributed by atoms with E-state index in [9.17, 15) is 14.7 Å². The second kappa shape index (κ2) is 7.74. The fourth-order valence-electron chi connectivity index (χ4n) is 4.08. The van der Waals surface area contributed by atoms with Crippen LogP contribution in [0.5, 0.6) is 5.88 Å². The Hall–Kier alpha value is -3.48. The summed E-state index contributed by atoms with van der Waals surface area (Å²) < 4.78 is 5.18. The van der Waals surface area contributed by atoms with Gasteiger partial charge in [0.1, 0.15) is 5.82 Å². The zero-order valence-electron chi connectivity index (χ0n) is 17.1. The number of aromatic nitrogens is 2. The van der Waals surface area contributed by atoms with E-state index in [-0.39, 0.29) is 11.8 Å². The third-order valence-electron chi connectivity index (χ3n) is 5.40. The van der Waals surface area contributed by atoms with Crippen molar-refractivity contribution in [2.45, 2.75) is 26.3 Å². The Morgan fingerprint density at radius 3 is 2.57 bits per heavy atom. The Morgan fingerprint density at radius 2 is 1.87 bits per heavy atom. The summed E-state index contributed by atoms with van der Waals surface area (Å²) in [6.45, 7) is 3.96. The van der Waals surface area contributed by atoms with E-state index in [4.69, 9.17) is 4.74 Å². The molecule has 2 aromatic heterocycles. The molecule has 0 spiro atoms. The number of hydrogen-bond acceptors (Lipinski definition) is 5. The van der Waals surface area contributed by atoms with Crippen molar-refractivity contribution in [2.75, 3.05) is 12.0 Å². The number of fused-ring (bicyclic) bond motifs is 2. The van der Waals surface area contributed by atoms with Gasteiger partial charge in [-0.2, -0.15) is 4.98 Å². The van der Waals surface area contributed by atoms with Gasteiger partial charge in [0.2, 0.25) is 5.88 Å². The zero-order chi connectivity index (χ0) is 21.4. The van der Waals surface area contributed by atoms with Crippen LogP contribution in [-0.2, 0) is 4.79 Å². The van der Waals surface area contributed by atoms with Crippen LogP contribution in [0.1, 0.15) is 42.2 Å². The minimum absolute atomic E-state index is 0.159. The fourth-order valence-corrected chi connectivity index (χ4v) is 4.08. The highest BCUT2D eigenvalue weighted by Gasteiger charge is 2.45.